The molecule has 0 bridgehead atoms. The number of ether oxygens (including phenoxy) is 1. The Morgan fingerprint density at radius 3 is 2.66 bits per heavy atom. The number of nitrogens with one attached hydrogen (secondary N) is 1. The third-order valence-electron chi connectivity index (χ3n) is 3.97. The van der Waals surface area contributed by atoms with E-state index in [1.807, 2.05) is 30.3 Å². The Morgan fingerprint density at radius 1 is 1.14 bits per heavy atom. The van der Waals surface area contributed by atoms with Gasteiger partial charge in [0.2, 0.25) is 4.96 Å². The minimum absolute atomic E-state index is 0.118. The van der Waals surface area contributed by atoms with Crippen molar-refractivity contribution in [3.63, 3.8) is 0 Å². The molecule has 0 aliphatic heterocycles. The molecule has 2 heterocycles. The summed E-state index contributed by atoms with van der Waals surface area (Å²) in [5.41, 5.74) is 1.07. The van der Waals surface area contributed by atoms with Crippen LogP contribution in [-0.4, -0.2) is 27.1 Å². The van der Waals surface area contributed by atoms with Crippen molar-refractivity contribution in [1.29, 1.82) is 0 Å². The molecule has 1 N–H and O–H groups in total. The number of amides is 1. The van der Waals surface area contributed by atoms with Crippen molar-refractivity contribution in [3.8, 4) is 16.3 Å². The molecule has 0 spiro atoms. The van der Waals surface area contributed by atoms with Crippen LogP contribution in [0.25, 0.3) is 15.5 Å². The van der Waals surface area contributed by atoms with E-state index in [4.69, 9.17) is 16.3 Å². The third kappa shape index (κ3) is 4.61. The van der Waals surface area contributed by atoms with Gasteiger partial charge in [-0.05, 0) is 24.3 Å². The van der Waals surface area contributed by atoms with Gasteiger partial charge in [0.15, 0.2) is 6.61 Å². The van der Waals surface area contributed by atoms with Crippen LogP contribution < -0.4 is 15.6 Å². The van der Waals surface area contributed by atoms with Crippen LogP contribution in [0.1, 0.15) is 5.69 Å². The number of halogens is 1. The van der Waals surface area contributed by atoms with Crippen LogP contribution in [0.5, 0.6) is 5.75 Å². The molecule has 9 heteroatoms. The van der Waals surface area contributed by atoms with E-state index in [2.05, 4.69) is 15.4 Å². The largest absolute Gasteiger partial charge is 0.484 e. The van der Waals surface area contributed by atoms with Gasteiger partial charge >= 0.3 is 0 Å². The molecule has 4 aromatic rings. The van der Waals surface area contributed by atoms with Gasteiger partial charge in [0.25, 0.3) is 11.5 Å². The lowest BCUT2D eigenvalue weighted by Crippen LogP contribution is -2.29. The van der Waals surface area contributed by atoms with Crippen molar-refractivity contribution in [1.82, 2.24) is 19.9 Å². The number of hydrogen-bond acceptors (Lipinski definition) is 6. The summed E-state index contributed by atoms with van der Waals surface area (Å²) in [7, 11) is 0. The first-order valence-electron chi connectivity index (χ1n) is 8.69. The van der Waals surface area contributed by atoms with E-state index < -0.39 is 0 Å². The lowest BCUT2D eigenvalue weighted by Gasteiger charge is -2.07. The highest BCUT2D eigenvalue weighted by Gasteiger charge is 2.11. The first-order chi connectivity index (χ1) is 14.1. The average Bonchev–Trinajstić information content (AvgIpc) is 3.17. The van der Waals surface area contributed by atoms with Crippen molar-refractivity contribution < 1.29 is 9.53 Å². The molecular formula is C20H15ClN4O3S. The van der Waals surface area contributed by atoms with Crippen molar-refractivity contribution in [3.05, 3.63) is 81.7 Å². The fourth-order valence-electron chi connectivity index (χ4n) is 2.56. The fourth-order valence-corrected chi connectivity index (χ4v) is 3.62. The van der Waals surface area contributed by atoms with Gasteiger partial charge in [-0.25, -0.2) is 4.98 Å². The van der Waals surface area contributed by atoms with Gasteiger partial charge in [0, 0.05) is 16.7 Å². The number of carbonyl (C=O) groups excluding carboxylic acids is 1. The summed E-state index contributed by atoms with van der Waals surface area (Å²) in [6, 6.07) is 17.7. The summed E-state index contributed by atoms with van der Waals surface area (Å²) in [4.78, 5) is 29.3. The number of nitrogens with zero attached hydrogens (tertiary/aromatic N) is 3. The topological polar surface area (TPSA) is 85.6 Å². The summed E-state index contributed by atoms with van der Waals surface area (Å²) in [6.07, 6.45) is 0. The number of aromatic nitrogens is 3. The predicted molar refractivity (Wildman–Crippen MR) is 111 cm³/mol. The number of carbonyl (C=O) groups is 1. The predicted octanol–water partition coefficient (Wildman–Crippen LogP) is 3.17. The molecule has 0 unspecified atom stereocenters. The maximum atomic E-state index is 12.3. The Balaban J connectivity index is 1.42. The molecule has 1 amide bonds. The Bertz CT molecular complexity index is 1210. The smallest absolute Gasteiger partial charge is 0.275 e. The minimum atomic E-state index is -0.323. The van der Waals surface area contributed by atoms with Gasteiger partial charge in [-0.3, -0.25) is 9.59 Å². The number of fused-ring (bicyclic) bond motifs is 1. The molecule has 0 fully saturated rings. The third-order valence-corrected chi connectivity index (χ3v) is 5.18. The van der Waals surface area contributed by atoms with E-state index >= 15 is 0 Å². The SMILES string of the molecule is O=C(COc1ccc(Cl)cc1)NCc1cc(=O)n2nc(-c3ccccc3)sc2n1. The summed E-state index contributed by atoms with van der Waals surface area (Å²) >= 11 is 7.12. The number of rotatable bonds is 6. The van der Waals surface area contributed by atoms with Gasteiger partial charge in [-0.15, -0.1) is 0 Å². The number of hydrogen-bond donors (Lipinski definition) is 1. The van der Waals surface area contributed by atoms with Gasteiger partial charge in [0.05, 0.1) is 12.2 Å². The molecule has 0 radical (unpaired) electrons. The quantitative estimate of drug-likeness (QED) is 0.512. The normalized spacial score (nSPS) is 10.8. The molecular weight excluding hydrogens is 412 g/mol. The fraction of sp³-hybridized carbons (Fsp3) is 0.100. The van der Waals surface area contributed by atoms with Crippen LogP contribution in [0.15, 0.2) is 65.5 Å². The van der Waals surface area contributed by atoms with E-state index in [0.29, 0.717) is 26.4 Å². The van der Waals surface area contributed by atoms with Crippen LogP contribution in [0.4, 0.5) is 0 Å². The molecule has 0 saturated carbocycles. The second kappa shape index (κ2) is 8.42. The van der Waals surface area contributed by atoms with E-state index in [9.17, 15) is 9.59 Å². The summed E-state index contributed by atoms with van der Waals surface area (Å²) in [5, 5.41) is 8.32. The zero-order valence-electron chi connectivity index (χ0n) is 15.0. The molecule has 146 valence electrons. The van der Waals surface area contributed by atoms with E-state index in [-0.39, 0.29) is 24.6 Å². The van der Waals surface area contributed by atoms with Gasteiger partial charge < -0.3 is 10.1 Å². The first kappa shape index (κ1) is 19.1. The van der Waals surface area contributed by atoms with Crippen molar-refractivity contribution >= 4 is 33.8 Å². The standard InChI is InChI=1S/C20H15ClN4O3S/c21-14-6-8-16(9-7-14)28-12-17(26)22-11-15-10-18(27)25-20(23-15)29-19(24-25)13-4-2-1-3-5-13/h1-10H,11-12H2,(H,22,26). The maximum absolute atomic E-state index is 12.3. The second-order valence-corrected chi connectivity index (χ2v) is 7.47. The highest BCUT2D eigenvalue weighted by molar-refractivity contribution is 7.19. The average molecular weight is 427 g/mol. The zero-order chi connectivity index (χ0) is 20.2. The summed E-state index contributed by atoms with van der Waals surface area (Å²) in [6.45, 7) is -0.0330. The Hall–Kier alpha value is -3.23. The minimum Gasteiger partial charge on any atom is -0.484 e. The lowest BCUT2D eigenvalue weighted by molar-refractivity contribution is -0.123. The maximum Gasteiger partial charge on any atom is 0.275 e. The van der Waals surface area contributed by atoms with Crippen LogP contribution in [0, 0.1) is 0 Å². The van der Waals surface area contributed by atoms with Gasteiger partial charge in [-0.2, -0.15) is 9.61 Å². The van der Waals surface area contributed by atoms with Crippen LogP contribution >= 0.6 is 22.9 Å². The molecule has 7 nitrogen and oxygen atoms in total. The first-order valence-corrected chi connectivity index (χ1v) is 9.88. The molecule has 4 rings (SSSR count). The highest BCUT2D eigenvalue weighted by atomic mass is 35.5. The molecule has 0 atom stereocenters. The van der Waals surface area contributed by atoms with E-state index in [1.165, 1.54) is 21.9 Å². The Kier molecular flexibility index (Phi) is 5.55. The van der Waals surface area contributed by atoms with Gasteiger partial charge in [0.1, 0.15) is 10.8 Å². The van der Waals surface area contributed by atoms with Crippen LogP contribution in [0.3, 0.4) is 0 Å². The second-order valence-electron chi connectivity index (χ2n) is 6.07. The molecule has 0 saturated heterocycles. The Morgan fingerprint density at radius 2 is 1.90 bits per heavy atom. The Labute approximate surface area is 174 Å². The van der Waals surface area contributed by atoms with Crippen molar-refractivity contribution in [2.75, 3.05) is 6.61 Å². The monoisotopic (exact) mass is 426 g/mol. The van der Waals surface area contributed by atoms with Crippen molar-refractivity contribution in [2.45, 2.75) is 6.54 Å². The summed E-state index contributed by atoms with van der Waals surface area (Å²) < 4.78 is 6.66. The zero-order valence-corrected chi connectivity index (χ0v) is 16.6. The van der Waals surface area contributed by atoms with E-state index in [1.54, 1.807) is 24.3 Å². The van der Waals surface area contributed by atoms with Crippen LogP contribution in [-0.2, 0) is 11.3 Å². The summed E-state index contributed by atoms with van der Waals surface area (Å²) in [5.74, 6) is 0.219. The molecule has 2 aromatic carbocycles. The molecule has 0 aliphatic carbocycles. The lowest BCUT2D eigenvalue weighted by atomic mass is 10.2. The highest BCUT2D eigenvalue weighted by Crippen LogP contribution is 2.23. The molecule has 2 aromatic heterocycles. The van der Waals surface area contributed by atoms with Crippen LogP contribution in [0.2, 0.25) is 5.02 Å². The van der Waals surface area contributed by atoms with E-state index in [0.717, 1.165) is 5.56 Å². The number of benzene rings is 2. The molecule has 29 heavy (non-hydrogen) atoms. The van der Waals surface area contributed by atoms with Gasteiger partial charge in [-0.1, -0.05) is 53.3 Å². The van der Waals surface area contributed by atoms with Crippen molar-refractivity contribution in [2.24, 2.45) is 0 Å². The molecule has 0 aliphatic rings.